The van der Waals surface area contributed by atoms with Crippen LogP contribution < -0.4 is 0 Å². The molecule has 84 valence electrons. The number of benzene rings is 1. The second-order valence-corrected chi connectivity index (χ2v) is 7.42. The van der Waals surface area contributed by atoms with Crippen molar-refractivity contribution in [3.8, 4) is 0 Å². The summed E-state index contributed by atoms with van der Waals surface area (Å²) in [6.45, 7) is 0. The summed E-state index contributed by atoms with van der Waals surface area (Å²) in [5.74, 6) is -0.759. The third kappa shape index (κ3) is 4.01. The van der Waals surface area contributed by atoms with E-state index in [1.54, 1.807) is 6.07 Å². The lowest BCUT2D eigenvalue weighted by Gasteiger charge is -2.06. The number of hydrogen-bond donors (Lipinski definition) is 0. The molecule has 1 rings (SSSR count). The molecule has 0 aromatic heterocycles. The fraction of sp³-hybridized carbons (Fsp3) is 0.250. The van der Waals surface area contributed by atoms with E-state index in [1.807, 2.05) is 0 Å². The van der Waals surface area contributed by atoms with Crippen molar-refractivity contribution < 1.29 is 12.8 Å². The molecule has 0 aliphatic heterocycles. The highest BCUT2D eigenvalue weighted by Crippen LogP contribution is 2.27. The molecule has 2 nitrogen and oxygen atoms in total. The maximum absolute atomic E-state index is 13.5. The van der Waals surface area contributed by atoms with Gasteiger partial charge in [-0.3, -0.25) is 0 Å². The second kappa shape index (κ2) is 5.12. The van der Waals surface area contributed by atoms with Crippen molar-refractivity contribution >= 4 is 51.6 Å². The van der Waals surface area contributed by atoms with E-state index in [0.29, 0.717) is 14.5 Å². The van der Waals surface area contributed by atoms with Crippen LogP contribution in [0.25, 0.3) is 0 Å². The lowest BCUT2D eigenvalue weighted by molar-refractivity contribution is 0.597. The highest BCUT2D eigenvalue weighted by atomic mass is 79.9. The Morgan fingerprint density at radius 3 is 2.33 bits per heavy atom. The Labute approximate surface area is 108 Å². The van der Waals surface area contributed by atoms with Crippen molar-refractivity contribution in [3.63, 3.8) is 0 Å². The minimum Gasteiger partial charge on any atom is -0.212 e. The van der Waals surface area contributed by atoms with Crippen LogP contribution in [0.4, 0.5) is 4.39 Å². The molecule has 0 spiro atoms. The summed E-state index contributed by atoms with van der Waals surface area (Å²) in [7, 11) is 1.45. The molecule has 0 saturated heterocycles. The molecule has 1 aromatic carbocycles. The van der Waals surface area contributed by atoms with Crippen molar-refractivity contribution in [2.24, 2.45) is 0 Å². The maximum atomic E-state index is 13.5. The van der Waals surface area contributed by atoms with Crippen LogP contribution in [0.15, 0.2) is 21.1 Å². The molecule has 0 fully saturated rings. The van der Waals surface area contributed by atoms with Gasteiger partial charge in [-0.2, -0.15) is 0 Å². The molecule has 0 saturated carbocycles. The average Bonchev–Trinajstić information content (AvgIpc) is 2.10. The van der Waals surface area contributed by atoms with Gasteiger partial charge in [0.25, 0.3) is 0 Å². The molecule has 0 bridgehead atoms. The summed E-state index contributed by atoms with van der Waals surface area (Å²) in [4.78, 5) is 0. The lowest BCUT2D eigenvalue weighted by atomic mass is 10.1. The average molecular weight is 380 g/mol. The minimum absolute atomic E-state index is 0.0394. The SMILES string of the molecule is O=S(=O)(Cl)CCc1c(Br)ccc(Br)c1F. The van der Waals surface area contributed by atoms with Crippen molar-refractivity contribution in [3.05, 3.63) is 32.5 Å². The van der Waals surface area contributed by atoms with Crippen LogP contribution in [-0.2, 0) is 15.5 Å². The van der Waals surface area contributed by atoms with Gasteiger partial charge in [-0.1, -0.05) is 15.9 Å². The summed E-state index contributed by atoms with van der Waals surface area (Å²) in [5.41, 5.74) is 0.300. The predicted octanol–water partition coefficient (Wildman–Crippen LogP) is 3.46. The monoisotopic (exact) mass is 378 g/mol. The molecule has 0 atom stereocenters. The van der Waals surface area contributed by atoms with Gasteiger partial charge in [0.05, 0.1) is 10.2 Å². The van der Waals surface area contributed by atoms with Crippen molar-refractivity contribution in [2.75, 3.05) is 5.75 Å². The van der Waals surface area contributed by atoms with E-state index in [0.717, 1.165) is 0 Å². The Balaban J connectivity index is 2.99. The third-order valence-corrected chi connectivity index (χ3v) is 4.24. The Bertz CT molecular complexity index is 476. The zero-order chi connectivity index (χ0) is 11.6. The molecule has 0 N–H and O–H groups in total. The van der Waals surface area contributed by atoms with Gasteiger partial charge in [0, 0.05) is 20.7 Å². The third-order valence-electron chi connectivity index (χ3n) is 1.73. The zero-order valence-corrected chi connectivity index (χ0v) is 12.0. The molecular formula is C8H6Br2ClFO2S. The van der Waals surface area contributed by atoms with Crippen LogP contribution in [0.5, 0.6) is 0 Å². The van der Waals surface area contributed by atoms with E-state index >= 15 is 0 Å². The number of hydrogen-bond acceptors (Lipinski definition) is 2. The van der Waals surface area contributed by atoms with Crippen molar-refractivity contribution in [1.82, 2.24) is 0 Å². The van der Waals surface area contributed by atoms with Gasteiger partial charge in [0.2, 0.25) is 9.05 Å². The zero-order valence-electron chi connectivity index (χ0n) is 7.31. The summed E-state index contributed by atoms with van der Waals surface area (Å²) in [6.07, 6.45) is 0.0394. The molecule has 7 heteroatoms. The topological polar surface area (TPSA) is 34.1 Å². The minimum atomic E-state index is -3.60. The van der Waals surface area contributed by atoms with Gasteiger partial charge in [0.15, 0.2) is 0 Å². The van der Waals surface area contributed by atoms with Gasteiger partial charge >= 0.3 is 0 Å². The molecule has 0 aliphatic carbocycles. The highest BCUT2D eigenvalue weighted by molar-refractivity contribution is 9.11. The van der Waals surface area contributed by atoms with Crippen LogP contribution >= 0.6 is 42.5 Å². The standard InChI is InChI=1S/C8H6Br2ClFO2S/c9-6-1-2-7(10)8(12)5(6)3-4-15(11,13)14/h1-2H,3-4H2. The van der Waals surface area contributed by atoms with Gasteiger partial charge in [-0.05, 0) is 34.5 Å². The molecule has 0 unspecified atom stereocenters. The van der Waals surface area contributed by atoms with Gasteiger partial charge < -0.3 is 0 Å². The second-order valence-electron chi connectivity index (χ2n) is 2.81. The number of rotatable bonds is 3. The highest BCUT2D eigenvalue weighted by Gasteiger charge is 2.13. The Kier molecular flexibility index (Phi) is 4.58. The molecule has 1 aromatic rings. The van der Waals surface area contributed by atoms with Crippen LogP contribution in [0.1, 0.15) is 5.56 Å². The largest absolute Gasteiger partial charge is 0.232 e. The maximum Gasteiger partial charge on any atom is 0.232 e. The molecule has 0 aliphatic rings. The van der Waals surface area contributed by atoms with E-state index in [9.17, 15) is 12.8 Å². The normalized spacial score (nSPS) is 11.7. The lowest BCUT2D eigenvalue weighted by Crippen LogP contribution is -2.04. The summed E-state index contributed by atoms with van der Waals surface area (Å²) in [5, 5.41) is 0. The van der Waals surface area contributed by atoms with Crippen LogP contribution in [0, 0.1) is 5.82 Å². The van der Waals surface area contributed by atoms with E-state index in [2.05, 4.69) is 31.9 Å². The van der Waals surface area contributed by atoms with Gasteiger partial charge in [0.1, 0.15) is 5.82 Å². The summed E-state index contributed by atoms with van der Waals surface area (Å²) < 4.78 is 35.8. The quantitative estimate of drug-likeness (QED) is 0.595. The predicted molar refractivity (Wildman–Crippen MR) is 65.1 cm³/mol. The fourth-order valence-corrected chi connectivity index (χ4v) is 2.58. The van der Waals surface area contributed by atoms with E-state index in [4.69, 9.17) is 10.7 Å². The summed E-state index contributed by atoms with van der Waals surface area (Å²) >= 11 is 6.17. The molecule has 0 heterocycles. The van der Waals surface area contributed by atoms with E-state index < -0.39 is 14.9 Å². The Hall–Kier alpha value is 0.350. The van der Waals surface area contributed by atoms with Crippen LogP contribution in [-0.4, -0.2) is 14.2 Å². The molecule has 0 radical (unpaired) electrons. The number of halogens is 4. The van der Waals surface area contributed by atoms with Crippen molar-refractivity contribution in [1.29, 1.82) is 0 Å². The van der Waals surface area contributed by atoms with E-state index in [1.165, 1.54) is 6.07 Å². The van der Waals surface area contributed by atoms with Crippen LogP contribution in [0.3, 0.4) is 0 Å². The molecule has 0 amide bonds. The first kappa shape index (κ1) is 13.4. The molecule has 15 heavy (non-hydrogen) atoms. The van der Waals surface area contributed by atoms with Gasteiger partial charge in [-0.25, -0.2) is 12.8 Å². The Morgan fingerprint density at radius 1 is 1.27 bits per heavy atom. The summed E-state index contributed by atoms with van der Waals surface area (Å²) in [6, 6.07) is 3.18. The van der Waals surface area contributed by atoms with E-state index in [-0.39, 0.29) is 12.2 Å². The van der Waals surface area contributed by atoms with Crippen molar-refractivity contribution in [2.45, 2.75) is 6.42 Å². The van der Waals surface area contributed by atoms with Gasteiger partial charge in [-0.15, -0.1) is 0 Å². The first-order chi connectivity index (χ1) is 6.81. The Morgan fingerprint density at radius 2 is 1.80 bits per heavy atom. The molecular weight excluding hydrogens is 374 g/mol. The van der Waals surface area contributed by atoms with Crippen LogP contribution in [0.2, 0.25) is 0 Å². The first-order valence-corrected chi connectivity index (χ1v) is 7.92. The first-order valence-electron chi connectivity index (χ1n) is 3.86. The smallest absolute Gasteiger partial charge is 0.212 e. The fourth-order valence-electron chi connectivity index (χ4n) is 1.02.